The Labute approximate surface area is 464 Å². The zero-order chi connectivity index (χ0) is 54.8. The topological polar surface area (TPSA) is 108 Å². The van der Waals surface area contributed by atoms with Gasteiger partial charge >= 0.3 is 17.9 Å². The number of carbonyl (C=O) groups excluding carboxylic acids is 2. The molecule has 0 aromatic rings. The van der Waals surface area contributed by atoms with Crippen molar-refractivity contribution in [1.82, 2.24) is 0 Å². The molecule has 0 saturated heterocycles. The van der Waals surface area contributed by atoms with Crippen molar-refractivity contribution in [2.75, 3.05) is 47.5 Å². The van der Waals surface area contributed by atoms with Crippen LogP contribution in [-0.4, -0.2) is 87.4 Å². The van der Waals surface area contributed by atoms with Crippen LogP contribution < -0.4 is 0 Å². The van der Waals surface area contributed by atoms with Crippen LogP contribution >= 0.6 is 0 Å². The first-order valence-electron chi connectivity index (χ1n) is 32.2. The molecule has 0 aliphatic carbocycles. The van der Waals surface area contributed by atoms with E-state index in [1.807, 2.05) is 21.1 Å². The molecule has 0 rings (SSSR count). The second-order valence-corrected chi connectivity index (χ2v) is 23.1. The molecule has 9 heteroatoms. The standard InChI is InChI=1S/C66H123NO8/c1-6-8-10-12-14-16-18-19-20-21-22-23-24-25-26-27-28-29-30-31-32-33-34-35-36-37-38-39-40-41-42-43-44-45-47-49-51-53-55-57-64(69)75-62(61-74-66(65(70)71)72-59-58-67(3,4)5)60-73-63(68)56-54-52-50-48-46-17-15-13-11-9-7-2/h13,15,18-19,21-22,62,66H,6-12,14,16-17,20,23-61H2,1-5H3/p+1/b15-13-,19-18-,22-21-. The molecule has 0 saturated carbocycles. The van der Waals surface area contributed by atoms with Gasteiger partial charge in [-0.15, -0.1) is 0 Å². The molecule has 0 aliphatic heterocycles. The van der Waals surface area contributed by atoms with Crippen LogP contribution in [0.3, 0.4) is 0 Å². The Kier molecular flexibility index (Phi) is 55.8. The molecule has 0 spiro atoms. The molecule has 0 bridgehead atoms. The van der Waals surface area contributed by atoms with Crippen molar-refractivity contribution in [3.05, 3.63) is 36.5 Å². The summed E-state index contributed by atoms with van der Waals surface area (Å²) in [6, 6.07) is 0. The van der Waals surface area contributed by atoms with Gasteiger partial charge in [0.25, 0.3) is 6.29 Å². The molecule has 2 atom stereocenters. The summed E-state index contributed by atoms with van der Waals surface area (Å²) in [6.07, 6.45) is 68.5. The molecule has 2 unspecified atom stereocenters. The summed E-state index contributed by atoms with van der Waals surface area (Å²) < 4.78 is 22.8. The van der Waals surface area contributed by atoms with E-state index >= 15 is 0 Å². The van der Waals surface area contributed by atoms with Gasteiger partial charge in [0.2, 0.25) is 0 Å². The second kappa shape index (κ2) is 57.7. The lowest BCUT2D eigenvalue weighted by Gasteiger charge is -2.25. The largest absolute Gasteiger partial charge is 0.477 e. The van der Waals surface area contributed by atoms with Gasteiger partial charge in [-0.3, -0.25) is 9.59 Å². The predicted molar refractivity (Wildman–Crippen MR) is 318 cm³/mol. The Morgan fingerprint density at radius 1 is 0.400 bits per heavy atom. The van der Waals surface area contributed by atoms with Gasteiger partial charge in [-0.05, 0) is 64.2 Å². The van der Waals surface area contributed by atoms with Gasteiger partial charge in [0, 0.05) is 12.8 Å². The Hall–Kier alpha value is -2.49. The number of unbranched alkanes of at least 4 members (excludes halogenated alkanes) is 39. The first kappa shape index (κ1) is 72.5. The maximum Gasteiger partial charge on any atom is 0.361 e. The molecular weight excluding hydrogens is 935 g/mol. The Bertz CT molecular complexity index is 1320. The average molecular weight is 1060 g/mol. The number of hydrogen-bond acceptors (Lipinski definition) is 7. The number of carbonyl (C=O) groups is 3. The van der Waals surface area contributed by atoms with E-state index in [4.69, 9.17) is 18.9 Å². The number of ether oxygens (including phenoxy) is 4. The first-order valence-corrected chi connectivity index (χ1v) is 32.2. The third-order valence-corrected chi connectivity index (χ3v) is 14.4. The molecule has 0 aromatic heterocycles. The number of rotatable bonds is 60. The van der Waals surface area contributed by atoms with E-state index in [-0.39, 0.29) is 32.2 Å². The predicted octanol–water partition coefficient (Wildman–Crippen LogP) is 19.2. The van der Waals surface area contributed by atoms with Gasteiger partial charge in [-0.2, -0.15) is 0 Å². The van der Waals surface area contributed by atoms with Crippen molar-refractivity contribution in [3.8, 4) is 0 Å². The highest BCUT2D eigenvalue weighted by Crippen LogP contribution is 2.18. The van der Waals surface area contributed by atoms with E-state index in [2.05, 4.69) is 50.3 Å². The summed E-state index contributed by atoms with van der Waals surface area (Å²) in [5.41, 5.74) is 0. The van der Waals surface area contributed by atoms with Gasteiger partial charge in [-0.1, -0.05) is 269 Å². The number of hydrogen-bond donors (Lipinski definition) is 1. The van der Waals surface area contributed by atoms with E-state index in [1.54, 1.807) is 0 Å². The Morgan fingerprint density at radius 2 is 0.733 bits per heavy atom. The highest BCUT2D eigenvalue weighted by molar-refractivity contribution is 5.71. The van der Waals surface area contributed by atoms with Crippen molar-refractivity contribution < 1.29 is 42.9 Å². The maximum absolute atomic E-state index is 12.9. The highest BCUT2D eigenvalue weighted by atomic mass is 16.7. The van der Waals surface area contributed by atoms with Gasteiger partial charge < -0.3 is 28.5 Å². The fraction of sp³-hybridized carbons (Fsp3) is 0.864. The van der Waals surface area contributed by atoms with Crippen molar-refractivity contribution in [2.24, 2.45) is 0 Å². The molecule has 0 aliphatic rings. The van der Waals surface area contributed by atoms with Gasteiger partial charge in [0.1, 0.15) is 13.2 Å². The summed E-state index contributed by atoms with van der Waals surface area (Å²) in [5.74, 6) is -2.00. The minimum absolute atomic E-state index is 0.182. The van der Waals surface area contributed by atoms with Crippen LogP contribution in [0.25, 0.3) is 0 Å². The second-order valence-electron chi connectivity index (χ2n) is 23.1. The van der Waals surface area contributed by atoms with E-state index < -0.39 is 24.3 Å². The van der Waals surface area contributed by atoms with E-state index in [0.29, 0.717) is 17.4 Å². The summed E-state index contributed by atoms with van der Waals surface area (Å²) >= 11 is 0. The summed E-state index contributed by atoms with van der Waals surface area (Å²) in [5, 5.41) is 9.68. The number of likely N-dealkylation sites (N-methyl/N-ethyl adjacent to an activating group) is 1. The molecular formula is C66H124NO8+. The van der Waals surface area contributed by atoms with Crippen molar-refractivity contribution in [3.63, 3.8) is 0 Å². The van der Waals surface area contributed by atoms with Crippen molar-refractivity contribution >= 4 is 17.9 Å². The number of nitrogens with zero attached hydrogens (tertiary/aromatic N) is 1. The number of carboxylic acids is 1. The average Bonchev–Trinajstić information content (AvgIpc) is 3.38. The molecule has 75 heavy (non-hydrogen) atoms. The molecule has 0 heterocycles. The molecule has 0 amide bonds. The Morgan fingerprint density at radius 3 is 1.11 bits per heavy atom. The highest BCUT2D eigenvalue weighted by Gasteiger charge is 2.25. The van der Waals surface area contributed by atoms with Crippen LogP contribution in [0.5, 0.6) is 0 Å². The van der Waals surface area contributed by atoms with Gasteiger partial charge in [0.15, 0.2) is 6.10 Å². The lowest BCUT2D eigenvalue weighted by atomic mass is 10.0. The van der Waals surface area contributed by atoms with Crippen LogP contribution in [0.2, 0.25) is 0 Å². The zero-order valence-corrected chi connectivity index (χ0v) is 50.2. The minimum Gasteiger partial charge on any atom is -0.477 e. The molecule has 0 radical (unpaired) electrons. The summed E-state index contributed by atoms with van der Waals surface area (Å²) in [7, 11) is 5.97. The van der Waals surface area contributed by atoms with E-state index in [9.17, 15) is 19.5 Å². The third kappa shape index (κ3) is 59.0. The Balaban J connectivity index is 3.88. The molecule has 0 aromatic carbocycles. The molecule has 440 valence electrons. The smallest absolute Gasteiger partial charge is 0.361 e. The third-order valence-electron chi connectivity index (χ3n) is 14.4. The minimum atomic E-state index is -1.51. The van der Waals surface area contributed by atoms with Gasteiger partial charge in [0.05, 0.1) is 34.4 Å². The number of carboxylic acid groups (broad SMARTS) is 1. The zero-order valence-electron chi connectivity index (χ0n) is 50.2. The maximum atomic E-state index is 12.9. The normalized spacial score (nSPS) is 12.9. The summed E-state index contributed by atoms with van der Waals surface area (Å²) in [6.45, 7) is 4.85. The van der Waals surface area contributed by atoms with Crippen LogP contribution in [0.4, 0.5) is 0 Å². The summed E-state index contributed by atoms with van der Waals surface area (Å²) in [4.78, 5) is 37.3. The lowest BCUT2D eigenvalue weighted by Crippen LogP contribution is -2.40. The van der Waals surface area contributed by atoms with Crippen LogP contribution in [0.15, 0.2) is 36.5 Å². The van der Waals surface area contributed by atoms with Gasteiger partial charge in [-0.25, -0.2) is 4.79 Å². The monoisotopic (exact) mass is 1060 g/mol. The number of allylic oxidation sites excluding steroid dienone is 6. The SMILES string of the molecule is CCCC/C=C\CCCCCCCC(=O)OCC(COC(OCC[N+](C)(C)C)C(=O)O)OC(=O)CCCCCCCCCCCCCCCCCCCCCCCCCCCCC/C=C\C/C=C\CCCCCCC. The molecule has 0 fully saturated rings. The van der Waals surface area contributed by atoms with Crippen LogP contribution in [-0.2, 0) is 33.3 Å². The van der Waals surface area contributed by atoms with Crippen LogP contribution in [0, 0.1) is 0 Å². The van der Waals surface area contributed by atoms with E-state index in [0.717, 1.165) is 70.6 Å². The first-order chi connectivity index (χ1) is 36.6. The number of quaternary nitrogens is 1. The molecule has 1 N–H and O–H groups in total. The fourth-order valence-electron chi connectivity index (χ4n) is 9.38. The van der Waals surface area contributed by atoms with Crippen LogP contribution in [0.1, 0.15) is 309 Å². The number of aliphatic carboxylic acids is 1. The lowest BCUT2D eigenvalue weighted by molar-refractivity contribution is -0.870. The van der Waals surface area contributed by atoms with E-state index in [1.165, 1.54) is 212 Å². The van der Waals surface area contributed by atoms with Crippen molar-refractivity contribution in [1.29, 1.82) is 0 Å². The number of esters is 2. The quantitative estimate of drug-likeness (QED) is 0.0211. The fourth-order valence-corrected chi connectivity index (χ4v) is 9.38. The molecule has 9 nitrogen and oxygen atoms in total. The van der Waals surface area contributed by atoms with Crippen molar-refractivity contribution in [2.45, 2.75) is 322 Å².